The molecule has 0 aliphatic rings. The molecule has 0 radical (unpaired) electrons. The van der Waals surface area contributed by atoms with Crippen LogP contribution in [-0.2, 0) is 11.8 Å². The molecule has 3 N–H and O–H groups in total. The highest BCUT2D eigenvalue weighted by Crippen LogP contribution is 2.38. The molecule has 0 unspecified atom stereocenters. The van der Waals surface area contributed by atoms with Crippen LogP contribution in [0.25, 0.3) is 10.9 Å². The Morgan fingerprint density at radius 3 is 2.61 bits per heavy atom. The Bertz CT molecular complexity index is 1530. The minimum atomic E-state index is -0.309. The third-order valence-corrected chi connectivity index (χ3v) is 6.77. The Morgan fingerprint density at radius 1 is 1.05 bits per heavy atom. The number of amides is 1. The average Bonchev–Trinajstić information content (AvgIpc) is 3.29. The summed E-state index contributed by atoms with van der Waals surface area (Å²) < 4.78 is 7.80. The molecule has 1 amide bonds. The van der Waals surface area contributed by atoms with Gasteiger partial charge in [0.15, 0.2) is 0 Å². The van der Waals surface area contributed by atoms with Gasteiger partial charge >= 0.3 is 0 Å². The quantitative estimate of drug-likeness (QED) is 0.138. The van der Waals surface area contributed by atoms with E-state index < -0.39 is 0 Å². The first-order valence-corrected chi connectivity index (χ1v) is 13.4. The van der Waals surface area contributed by atoms with E-state index in [-0.39, 0.29) is 5.91 Å². The summed E-state index contributed by atoms with van der Waals surface area (Å²) in [5, 5.41) is 10.7. The molecule has 0 aliphatic heterocycles. The van der Waals surface area contributed by atoms with E-state index in [0.717, 1.165) is 48.3 Å². The van der Waals surface area contributed by atoms with Crippen LogP contribution in [0.15, 0.2) is 80.2 Å². The minimum absolute atomic E-state index is 0.309. The largest absolute Gasteiger partial charge is 0.494 e. The number of ether oxygens (including phenoxy) is 1. The van der Waals surface area contributed by atoms with Crippen molar-refractivity contribution in [2.24, 2.45) is 7.05 Å². The van der Waals surface area contributed by atoms with Crippen molar-refractivity contribution in [1.82, 2.24) is 19.4 Å². The van der Waals surface area contributed by atoms with Gasteiger partial charge in [0.2, 0.25) is 11.9 Å². The maximum Gasteiger partial charge on any atom is 0.247 e. The number of fused-ring (bicyclic) bond motifs is 1. The number of aryl methyl sites for hydroxylation is 1. The predicted molar refractivity (Wildman–Crippen MR) is 169 cm³/mol. The summed E-state index contributed by atoms with van der Waals surface area (Å²) >= 11 is 0. The fourth-order valence-corrected chi connectivity index (χ4v) is 4.49. The van der Waals surface area contributed by atoms with E-state index >= 15 is 0 Å². The molecule has 2 aromatic heterocycles. The number of nitrogens with zero attached hydrogens (tertiary/aromatic N) is 5. The highest BCUT2D eigenvalue weighted by atomic mass is 16.5. The van der Waals surface area contributed by atoms with Crippen molar-refractivity contribution in [3.63, 3.8) is 0 Å². The first-order valence-electron chi connectivity index (χ1n) is 13.4. The van der Waals surface area contributed by atoms with Crippen molar-refractivity contribution >= 4 is 51.3 Å². The van der Waals surface area contributed by atoms with E-state index in [1.165, 1.54) is 6.08 Å². The molecule has 2 aromatic carbocycles. The molecule has 0 bridgehead atoms. The van der Waals surface area contributed by atoms with Gasteiger partial charge in [-0.25, -0.2) is 4.98 Å². The lowest BCUT2D eigenvalue weighted by molar-refractivity contribution is -0.111. The molecule has 214 valence electrons. The molecule has 4 rings (SSSR count). The normalized spacial score (nSPS) is 10.9. The molecule has 0 atom stereocenters. The lowest BCUT2D eigenvalue weighted by Crippen LogP contribution is -2.31. The monoisotopic (exact) mass is 554 g/mol. The summed E-state index contributed by atoms with van der Waals surface area (Å²) in [5.74, 6) is 1.28. The van der Waals surface area contributed by atoms with Gasteiger partial charge in [0.25, 0.3) is 0 Å². The number of carbonyl (C=O) groups excluding carboxylic acids is 1. The van der Waals surface area contributed by atoms with E-state index in [4.69, 9.17) is 4.74 Å². The Hall–Kier alpha value is -4.83. The summed E-state index contributed by atoms with van der Waals surface area (Å²) in [7, 11) is 7.68. The molecule has 10 heteroatoms. The highest BCUT2D eigenvalue weighted by Gasteiger charge is 2.17. The van der Waals surface area contributed by atoms with Crippen molar-refractivity contribution in [1.29, 1.82) is 0 Å². The first-order chi connectivity index (χ1) is 19.8. The van der Waals surface area contributed by atoms with Gasteiger partial charge in [-0.05, 0) is 37.7 Å². The number of hydrogen-bond acceptors (Lipinski definition) is 8. The Morgan fingerprint density at radius 2 is 1.85 bits per heavy atom. The first kappa shape index (κ1) is 29.2. The highest BCUT2D eigenvalue weighted by molar-refractivity contribution is 6.02. The Labute approximate surface area is 241 Å². The van der Waals surface area contributed by atoms with Gasteiger partial charge in [-0.15, -0.1) is 6.58 Å². The van der Waals surface area contributed by atoms with Crippen LogP contribution in [0.3, 0.4) is 0 Å². The lowest BCUT2D eigenvalue weighted by Gasteiger charge is -2.26. The molecule has 4 aromatic rings. The SMILES string of the molecule is C=CCCN(C)CCN(C)c1cc(OC)c(Nc2nccc(Nc3cn(C)c4ccccc34)n2)cc1NC(=O)C=C. The summed E-state index contributed by atoms with van der Waals surface area (Å²) in [6.07, 6.45) is 7.80. The van der Waals surface area contributed by atoms with Crippen LogP contribution < -0.4 is 25.6 Å². The van der Waals surface area contributed by atoms with Gasteiger partial charge in [0, 0.05) is 63.1 Å². The predicted octanol–water partition coefficient (Wildman–Crippen LogP) is 5.53. The smallest absolute Gasteiger partial charge is 0.247 e. The van der Waals surface area contributed by atoms with Crippen LogP contribution in [0.4, 0.5) is 34.5 Å². The lowest BCUT2D eigenvalue weighted by atomic mass is 10.2. The topological polar surface area (TPSA) is 99.6 Å². The van der Waals surface area contributed by atoms with E-state index in [0.29, 0.717) is 28.9 Å². The zero-order valence-electron chi connectivity index (χ0n) is 24.1. The molecule has 10 nitrogen and oxygen atoms in total. The third-order valence-electron chi connectivity index (χ3n) is 6.77. The number of anilines is 6. The molecule has 0 saturated heterocycles. The van der Waals surface area contributed by atoms with Crippen LogP contribution in [0.1, 0.15) is 6.42 Å². The maximum absolute atomic E-state index is 12.3. The van der Waals surface area contributed by atoms with Gasteiger partial charge in [-0.3, -0.25) is 4.79 Å². The van der Waals surface area contributed by atoms with Gasteiger partial charge in [0.1, 0.15) is 11.6 Å². The van der Waals surface area contributed by atoms with Crippen LogP contribution in [0, 0.1) is 0 Å². The van der Waals surface area contributed by atoms with Gasteiger partial charge in [-0.2, -0.15) is 4.98 Å². The third kappa shape index (κ3) is 7.23. The number of likely N-dealkylation sites (N-methyl/N-ethyl adjacent to an activating group) is 2. The summed E-state index contributed by atoms with van der Waals surface area (Å²) in [5.41, 5.74) is 4.10. The number of nitrogens with one attached hydrogen (secondary N) is 3. The maximum atomic E-state index is 12.3. The number of aromatic nitrogens is 3. The van der Waals surface area contributed by atoms with Gasteiger partial charge < -0.3 is 35.1 Å². The van der Waals surface area contributed by atoms with Crippen molar-refractivity contribution in [3.8, 4) is 5.75 Å². The summed E-state index contributed by atoms with van der Waals surface area (Å²) in [4.78, 5) is 25.7. The molecule has 0 aliphatic carbocycles. The standard InChI is InChI=1S/C31H38N8O2/c1-7-9-16-37(3)17-18-38(4)27-20-28(41-6)24(19-23(27)34-30(40)8-2)35-31-32-15-14-29(36-31)33-25-21-39(5)26-13-11-10-12-22(25)26/h7-8,10-15,19-21H,1-2,9,16-18H2,3-6H3,(H,34,40)(H2,32,33,35,36). The fourth-order valence-electron chi connectivity index (χ4n) is 4.49. The minimum Gasteiger partial charge on any atom is -0.494 e. The van der Waals surface area contributed by atoms with Gasteiger partial charge in [0.05, 0.1) is 29.9 Å². The molecule has 0 spiro atoms. The molecule has 0 saturated carbocycles. The average molecular weight is 555 g/mol. The molecule has 2 heterocycles. The molecule has 0 fully saturated rings. The van der Waals surface area contributed by atoms with Crippen LogP contribution >= 0.6 is 0 Å². The van der Waals surface area contributed by atoms with Gasteiger partial charge in [-0.1, -0.05) is 30.9 Å². The van der Waals surface area contributed by atoms with E-state index in [2.05, 4.69) is 72.6 Å². The number of rotatable bonds is 14. The number of para-hydroxylation sites is 1. The zero-order valence-corrected chi connectivity index (χ0v) is 24.1. The number of hydrogen-bond donors (Lipinski definition) is 3. The molecule has 41 heavy (non-hydrogen) atoms. The second kappa shape index (κ2) is 13.5. The van der Waals surface area contributed by atoms with Crippen molar-refractivity contribution in [3.05, 3.63) is 80.2 Å². The van der Waals surface area contributed by atoms with Crippen molar-refractivity contribution in [2.45, 2.75) is 6.42 Å². The summed E-state index contributed by atoms with van der Waals surface area (Å²) in [6.45, 7) is 9.90. The van der Waals surface area contributed by atoms with Crippen LogP contribution in [0.5, 0.6) is 5.75 Å². The zero-order chi connectivity index (χ0) is 29.4. The van der Waals surface area contributed by atoms with Crippen molar-refractivity contribution < 1.29 is 9.53 Å². The molecular formula is C31H38N8O2. The van der Waals surface area contributed by atoms with E-state index in [1.807, 2.05) is 56.7 Å². The molecular weight excluding hydrogens is 516 g/mol. The van der Waals surface area contributed by atoms with E-state index in [1.54, 1.807) is 13.3 Å². The van der Waals surface area contributed by atoms with Crippen LogP contribution in [-0.4, -0.2) is 66.2 Å². The number of methoxy groups -OCH3 is 1. The Balaban J connectivity index is 1.59. The van der Waals surface area contributed by atoms with Crippen LogP contribution in [0.2, 0.25) is 0 Å². The second-order valence-electron chi connectivity index (χ2n) is 9.75. The summed E-state index contributed by atoms with van der Waals surface area (Å²) in [6, 6.07) is 13.7. The fraction of sp³-hybridized carbons (Fsp3) is 0.258. The van der Waals surface area contributed by atoms with E-state index in [9.17, 15) is 4.79 Å². The number of carbonyl (C=O) groups is 1. The van der Waals surface area contributed by atoms with Crippen molar-refractivity contribution in [2.75, 3.05) is 61.7 Å². The Kier molecular flexibility index (Phi) is 9.60. The second-order valence-corrected chi connectivity index (χ2v) is 9.75. The number of benzene rings is 2.